The van der Waals surface area contributed by atoms with E-state index in [4.69, 9.17) is 4.74 Å². The van der Waals surface area contributed by atoms with Crippen LogP contribution in [0.1, 0.15) is 22.5 Å². The van der Waals surface area contributed by atoms with E-state index in [9.17, 15) is 14.7 Å². The minimum absolute atomic E-state index is 0.191. The van der Waals surface area contributed by atoms with Crippen LogP contribution in [-0.2, 0) is 4.74 Å². The molecular weight excluding hydrogens is 298 g/mol. The molecule has 1 heterocycles. The van der Waals surface area contributed by atoms with Crippen molar-refractivity contribution in [3.8, 4) is 11.4 Å². The van der Waals surface area contributed by atoms with Crippen LogP contribution in [0.5, 0.6) is 5.75 Å². The number of hydrogen-bond acceptors (Lipinski definition) is 5. The third kappa shape index (κ3) is 4.17. The Morgan fingerprint density at radius 3 is 2.87 bits per heavy atom. The Hall–Kier alpha value is -2.67. The van der Waals surface area contributed by atoms with Gasteiger partial charge in [-0.15, -0.1) is 0 Å². The molecule has 0 saturated carbocycles. The van der Waals surface area contributed by atoms with Gasteiger partial charge in [0.05, 0.1) is 5.69 Å². The van der Waals surface area contributed by atoms with Gasteiger partial charge in [0, 0.05) is 26.3 Å². The van der Waals surface area contributed by atoms with E-state index in [1.807, 2.05) is 13.0 Å². The molecule has 2 rings (SSSR count). The largest absolute Gasteiger partial charge is 0.505 e. The third-order valence-corrected chi connectivity index (χ3v) is 3.18. The van der Waals surface area contributed by atoms with Crippen LogP contribution in [0.2, 0.25) is 0 Å². The van der Waals surface area contributed by atoms with Crippen LogP contribution in [0, 0.1) is 6.92 Å². The van der Waals surface area contributed by atoms with Gasteiger partial charge in [0.2, 0.25) is 0 Å². The molecule has 0 bridgehead atoms. The molecule has 0 saturated heterocycles. The summed E-state index contributed by atoms with van der Waals surface area (Å²) in [6.07, 6.45) is 0.639. The van der Waals surface area contributed by atoms with E-state index in [0.717, 1.165) is 16.3 Å². The number of methoxy groups -OCH3 is 1. The van der Waals surface area contributed by atoms with E-state index < -0.39 is 17.2 Å². The van der Waals surface area contributed by atoms with E-state index in [1.54, 1.807) is 25.3 Å². The maximum absolute atomic E-state index is 12.1. The zero-order valence-corrected chi connectivity index (χ0v) is 13.1. The number of carbonyl (C=O) groups excluding carboxylic acids is 1. The highest BCUT2D eigenvalue weighted by Gasteiger charge is 2.16. The van der Waals surface area contributed by atoms with E-state index in [0.29, 0.717) is 25.3 Å². The first-order chi connectivity index (χ1) is 11.0. The molecule has 2 aromatic rings. The van der Waals surface area contributed by atoms with Crippen molar-refractivity contribution in [2.24, 2.45) is 0 Å². The Kier molecular flexibility index (Phi) is 5.48. The lowest BCUT2D eigenvalue weighted by atomic mass is 10.2. The maximum atomic E-state index is 12.1. The number of nitrogens with zero attached hydrogens (tertiary/aromatic N) is 2. The minimum atomic E-state index is -0.542. The van der Waals surface area contributed by atoms with Crippen LogP contribution in [0.4, 0.5) is 0 Å². The number of aromatic hydroxyl groups is 1. The number of hydrogen-bond donors (Lipinski definition) is 2. The first-order valence-electron chi connectivity index (χ1n) is 7.20. The standard InChI is InChI=1S/C16H19N3O4/c1-11-5-3-6-12(9-11)19-14(21)10-13(20)15(18-19)16(22)17-7-4-8-23-2/h3,5-6,9-10,20H,4,7-8H2,1-2H3,(H,17,22). The normalized spacial score (nSPS) is 10.5. The Balaban J connectivity index is 2.29. The van der Waals surface area contributed by atoms with Crippen LogP contribution in [0.15, 0.2) is 35.1 Å². The molecule has 1 aromatic carbocycles. The Morgan fingerprint density at radius 1 is 1.39 bits per heavy atom. The number of aromatic nitrogens is 2. The van der Waals surface area contributed by atoms with E-state index in [-0.39, 0.29) is 5.69 Å². The lowest BCUT2D eigenvalue weighted by Crippen LogP contribution is -2.30. The summed E-state index contributed by atoms with van der Waals surface area (Å²) in [5, 5.41) is 16.4. The molecule has 23 heavy (non-hydrogen) atoms. The summed E-state index contributed by atoms with van der Waals surface area (Å²) in [6, 6.07) is 8.14. The fourth-order valence-corrected chi connectivity index (χ4v) is 2.06. The van der Waals surface area contributed by atoms with Gasteiger partial charge in [-0.25, -0.2) is 0 Å². The predicted octanol–water partition coefficient (Wildman–Crippen LogP) is 1.01. The van der Waals surface area contributed by atoms with Crippen molar-refractivity contribution < 1.29 is 14.6 Å². The predicted molar refractivity (Wildman–Crippen MR) is 85.1 cm³/mol. The summed E-state index contributed by atoms with van der Waals surface area (Å²) >= 11 is 0. The molecule has 0 unspecified atom stereocenters. The van der Waals surface area contributed by atoms with Gasteiger partial charge in [0.15, 0.2) is 11.4 Å². The molecule has 0 aliphatic rings. The van der Waals surface area contributed by atoms with Crippen molar-refractivity contribution in [3.05, 3.63) is 51.9 Å². The topological polar surface area (TPSA) is 93.5 Å². The number of nitrogens with one attached hydrogen (secondary N) is 1. The SMILES string of the molecule is COCCCNC(=O)c1nn(-c2cccc(C)c2)c(=O)cc1O. The highest BCUT2D eigenvalue weighted by Crippen LogP contribution is 2.13. The first kappa shape index (κ1) is 16.7. The third-order valence-electron chi connectivity index (χ3n) is 3.18. The molecular formula is C16H19N3O4. The molecule has 0 aliphatic carbocycles. The number of carbonyl (C=O) groups is 1. The summed E-state index contributed by atoms with van der Waals surface area (Å²) in [7, 11) is 1.58. The quantitative estimate of drug-likeness (QED) is 0.776. The molecule has 1 aromatic heterocycles. The van der Waals surface area contributed by atoms with Crippen LogP contribution in [-0.4, -0.2) is 41.1 Å². The average Bonchev–Trinajstić information content (AvgIpc) is 2.51. The molecule has 122 valence electrons. The van der Waals surface area contributed by atoms with Gasteiger partial charge < -0.3 is 15.2 Å². The van der Waals surface area contributed by atoms with E-state index in [2.05, 4.69) is 10.4 Å². The van der Waals surface area contributed by atoms with Crippen molar-refractivity contribution in [2.45, 2.75) is 13.3 Å². The van der Waals surface area contributed by atoms with E-state index in [1.165, 1.54) is 0 Å². The molecule has 7 heteroatoms. The lowest BCUT2D eigenvalue weighted by molar-refractivity contribution is 0.0938. The van der Waals surface area contributed by atoms with Gasteiger partial charge >= 0.3 is 0 Å². The van der Waals surface area contributed by atoms with Gasteiger partial charge in [-0.3, -0.25) is 9.59 Å². The summed E-state index contributed by atoms with van der Waals surface area (Å²) in [5.41, 5.74) is 0.783. The summed E-state index contributed by atoms with van der Waals surface area (Å²) in [5.74, 6) is -0.983. The number of ether oxygens (including phenoxy) is 1. The molecule has 7 nitrogen and oxygen atoms in total. The van der Waals surface area contributed by atoms with E-state index >= 15 is 0 Å². The highest BCUT2D eigenvalue weighted by molar-refractivity contribution is 5.94. The summed E-state index contributed by atoms with van der Waals surface area (Å²) in [4.78, 5) is 24.1. The number of amides is 1. The Labute approximate surface area is 133 Å². The van der Waals surface area contributed by atoms with Crippen molar-refractivity contribution >= 4 is 5.91 Å². The molecule has 0 spiro atoms. The first-order valence-corrected chi connectivity index (χ1v) is 7.20. The second-order valence-electron chi connectivity index (χ2n) is 5.07. The lowest BCUT2D eigenvalue weighted by Gasteiger charge is -2.09. The number of aryl methyl sites for hydroxylation is 1. The van der Waals surface area contributed by atoms with Gasteiger partial charge in [-0.2, -0.15) is 9.78 Å². The smallest absolute Gasteiger partial charge is 0.275 e. The van der Waals surface area contributed by atoms with Gasteiger partial charge in [-0.05, 0) is 31.0 Å². The van der Waals surface area contributed by atoms with Crippen molar-refractivity contribution in [2.75, 3.05) is 20.3 Å². The van der Waals surface area contributed by atoms with Crippen LogP contribution < -0.4 is 10.9 Å². The summed E-state index contributed by atoms with van der Waals surface area (Å²) in [6.45, 7) is 2.79. The van der Waals surface area contributed by atoms with Crippen LogP contribution in [0.25, 0.3) is 5.69 Å². The highest BCUT2D eigenvalue weighted by atomic mass is 16.5. The fourth-order valence-electron chi connectivity index (χ4n) is 2.06. The second-order valence-corrected chi connectivity index (χ2v) is 5.07. The monoisotopic (exact) mass is 317 g/mol. The molecule has 0 radical (unpaired) electrons. The second kappa shape index (κ2) is 7.55. The fraction of sp³-hybridized carbons (Fsp3) is 0.312. The average molecular weight is 317 g/mol. The van der Waals surface area contributed by atoms with Gasteiger partial charge in [0.1, 0.15) is 0 Å². The van der Waals surface area contributed by atoms with Gasteiger partial charge in [-0.1, -0.05) is 12.1 Å². The molecule has 0 aliphatic heterocycles. The number of rotatable bonds is 6. The Bertz CT molecular complexity index is 755. The molecule has 0 fully saturated rings. The minimum Gasteiger partial charge on any atom is -0.505 e. The molecule has 2 N–H and O–H groups in total. The zero-order chi connectivity index (χ0) is 16.8. The van der Waals surface area contributed by atoms with Crippen LogP contribution in [0.3, 0.4) is 0 Å². The summed E-state index contributed by atoms with van der Waals surface area (Å²) < 4.78 is 5.99. The van der Waals surface area contributed by atoms with Crippen molar-refractivity contribution in [3.63, 3.8) is 0 Å². The van der Waals surface area contributed by atoms with Gasteiger partial charge in [0.25, 0.3) is 11.5 Å². The Morgan fingerprint density at radius 2 is 2.17 bits per heavy atom. The molecule has 0 atom stereocenters. The maximum Gasteiger partial charge on any atom is 0.275 e. The van der Waals surface area contributed by atoms with Crippen molar-refractivity contribution in [1.82, 2.24) is 15.1 Å². The van der Waals surface area contributed by atoms with Crippen LogP contribution >= 0.6 is 0 Å². The molecule has 1 amide bonds. The zero-order valence-electron chi connectivity index (χ0n) is 13.1. The van der Waals surface area contributed by atoms with Crippen molar-refractivity contribution in [1.29, 1.82) is 0 Å². The number of benzene rings is 1.